The first kappa shape index (κ1) is 16.2. The van der Waals surface area contributed by atoms with Crippen LogP contribution in [0.2, 0.25) is 0 Å². The van der Waals surface area contributed by atoms with Gasteiger partial charge in [-0.05, 0) is 42.0 Å². The van der Waals surface area contributed by atoms with E-state index in [0.29, 0.717) is 22.6 Å². The van der Waals surface area contributed by atoms with E-state index in [1.807, 2.05) is 0 Å². The van der Waals surface area contributed by atoms with Gasteiger partial charge in [-0.15, -0.1) is 0 Å². The largest absolute Gasteiger partial charge is 0.493 e. The first-order chi connectivity index (χ1) is 11.0. The number of methoxy groups -OCH3 is 2. The highest BCUT2D eigenvalue weighted by Gasteiger charge is 2.08. The van der Waals surface area contributed by atoms with Crippen LogP contribution in [-0.4, -0.2) is 24.9 Å². The number of rotatable bonds is 6. The normalized spacial score (nSPS) is 10.5. The summed E-state index contributed by atoms with van der Waals surface area (Å²) < 4.78 is 10.3. The minimum atomic E-state index is -0.470. The highest BCUT2D eigenvalue weighted by atomic mass is 16.6. The maximum atomic E-state index is 12.2. The number of nitro groups is 1. The van der Waals surface area contributed by atoms with Crippen LogP contribution in [0.15, 0.2) is 48.5 Å². The van der Waals surface area contributed by atoms with E-state index in [1.165, 1.54) is 32.4 Å². The molecule has 23 heavy (non-hydrogen) atoms. The Morgan fingerprint density at radius 1 is 1.04 bits per heavy atom. The molecule has 0 atom stereocenters. The molecule has 0 fully saturated rings. The molecule has 0 aliphatic carbocycles. The van der Waals surface area contributed by atoms with E-state index in [9.17, 15) is 14.9 Å². The molecule has 6 heteroatoms. The SMILES string of the molecule is COc1ccc(C(=O)/C=C/c2ccc([N+](=O)[O-])cc2)cc1OC. The molecule has 2 aromatic carbocycles. The number of benzene rings is 2. The third-order valence-corrected chi connectivity index (χ3v) is 3.20. The maximum Gasteiger partial charge on any atom is 0.269 e. The zero-order valence-electron chi connectivity index (χ0n) is 12.7. The standard InChI is InChI=1S/C17H15NO5/c1-22-16-10-6-13(11-17(16)23-2)15(19)9-5-12-3-7-14(8-4-12)18(20)21/h3-11H,1-2H3/b9-5+. The van der Waals surface area contributed by atoms with Gasteiger partial charge in [0.1, 0.15) is 0 Å². The third kappa shape index (κ3) is 3.94. The first-order valence-corrected chi connectivity index (χ1v) is 6.74. The summed E-state index contributed by atoms with van der Waals surface area (Å²) in [5.74, 6) is 0.815. The molecule has 0 radical (unpaired) electrons. The summed E-state index contributed by atoms with van der Waals surface area (Å²) in [6.07, 6.45) is 3.01. The predicted octanol–water partition coefficient (Wildman–Crippen LogP) is 3.51. The van der Waals surface area contributed by atoms with E-state index < -0.39 is 4.92 Å². The van der Waals surface area contributed by atoms with Gasteiger partial charge in [0, 0.05) is 17.7 Å². The zero-order chi connectivity index (χ0) is 16.8. The van der Waals surface area contributed by atoms with Crippen molar-refractivity contribution >= 4 is 17.5 Å². The first-order valence-electron chi connectivity index (χ1n) is 6.74. The lowest BCUT2D eigenvalue weighted by atomic mass is 10.1. The number of non-ortho nitro benzene ring substituents is 1. The average Bonchev–Trinajstić information content (AvgIpc) is 2.59. The van der Waals surface area contributed by atoms with E-state index in [0.717, 1.165) is 0 Å². The summed E-state index contributed by atoms with van der Waals surface area (Å²) in [5.41, 5.74) is 1.17. The monoisotopic (exact) mass is 313 g/mol. The van der Waals surface area contributed by atoms with Crippen molar-refractivity contribution in [1.82, 2.24) is 0 Å². The lowest BCUT2D eigenvalue weighted by Gasteiger charge is -2.07. The smallest absolute Gasteiger partial charge is 0.269 e. The summed E-state index contributed by atoms with van der Waals surface area (Å²) in [5, 5.41) is 10.6. The molecule has 0 saturated carbocycles. The molecule has 2 aromatic rings. The van der Waals surface area contributed by atoms with Crippen LogP contribution in [0.1, 0.15) is 15.9 Å². The lowest BCUT2D eigenvalue weighted by molar-refractivity contribution is -0.384. The molecule has 0 aromatic heterocycles. The van der Waals surface area contributed by atoms with Crippen molar-refractivity contribution in [2.24, 2.45) is 0 Å². The number of carbonyl (C=O) groups excluding carboxylic acids is 1. The summed E-state index contributed by atoms with van der Waals surface area (Å²) in [6.45, 7) is 0. The van der Waals surface area contributed by atoms with Gasteiger partial charge in [0.15, 0.2) is 17.3 Å². The molecular weight excluding hydrogens is 298 g/mol. The molecule has 0 N–H and O–H groups in total. The zero-order valence-corrected chi connectivity index (χ0v) is 12.7. The number of nitro benzene ring substituents is 1. The number of ether oxygens (including phenoxy) is 2. The second kappa shape index (κ2) is 7.22. The Balaban J connectivity index is 2.16. The fraction of sp³-hybridized carbons (Fsp3) is 0.118. The van der Waals surface area contributed by atoms with Crippen molar-refractivity contribution in [3.05, 3.63) is 69.8 Å². The molecule has 0 heterocycles. The van der Waals surface area contributed by atoms with Crippen molar-refractivity contribution in [3.8, 4) is 11.5 Å². The van der Waals surface area contributed by atoms with Gasteiger partial charge in [0.25, 0.3) is 5.69 Å². The molecule has 0 spiro atoms. The van der Waals surface area contributed by atoms with Gasteiger partial charge < -0.3 is 9.47 Å². The Kier molecular flexibility index (Phi) is 5.09. The van der Waals surface area contributed by atoms with Crippen molar-refractivity contribution in [2.75, 3.05) is 14.2 Å². The van der Waals surface area contributed by atoms with Crippen molar-refractivity contribution in [1.29, 1.82) is 0 Å². The van der Waals surface area contributed by atoms with Crippen LogP contribution in [0.5, 0.6) is 11.5 Å². The highest BCUT2D eigenvalue weighted by molar-refractivity contribution is 6.07. The van der Waals surface area contributed by atoms with Crippen LogP contribution in [0.4, 0.5) is 5.69 Å². The summed E-state index contributed by atoms with van der Waals surface area (Å²) in [6, 6.07) is 10.8. The highest BCUT2D eigenvalue weighted by Crippen LogP contribution is 2.27. The molecule has 118 valence electrons. The van der Waals surface area contributed by atoms with Gasteiger partial charge in [-0.25, -0.2) is 0 Å². The molecule has 0 amide bonds. The molecule has 0 aliphatic rings. The van der Waals surface area contributed by atoms with Crippen LogP contribution in [-0.2, 0) is 0 Å². The van der Waals surface area contributed by atoms with Gasteiger partial charge in [0.2, 0.25) is 0 Å². The quantitative estimate of drug-likeness (QED) is 0.353. The Hall–Kier alpha value is -3.15. The predicted molar refractivity (Wildman–Crippen MR) is 86.0 cm³/mol. The van der Waals surface area contributed by atoms with Crippen LogP contribution in [0.25, 0.3) is 6.08 Å². The Morgan fingerprint density at radius 3 is 2.26 bits per heavy atom. The van der Waals surface area contributed by atoms with Gasteiger partial charge >= 0.3 is 0 Å². The average molecular weight is 313 g/mol. The Bertz CT molecular complexity index is 750. The Morgan fingerprint density at radius 2 is 1.70 bits per heavy atom. The third-order valence-electron chi connectivity index (χ3n) is 3.20. The number of hydrogen-bond donors (Lipinski definition) is 0. The van der Waals surface area contributed by atoms with E-state index in [2.05, 4.69) is 0 Å². The molecule has 0 unspecified atom stereocenters. The van der Waals surface area contributed by atoms with Crippen LogP contribution >= 0.6 is 0 Å². The van der Waals surface area contributed by atoms with E-state index in [-0.39, 0.29) is 11.5 Å². The van der Waals surface area contributed by atoms with E-state index in [4.69, 9.17) is 9.47 Å². The van der Waals surface area contributed by atoms with E-state index in [1.54, 1.807) is 36.4 Å². The fourth-order valence-electron chi connectivity index (χ4n) is 1.96. The number of ketones is 1. The topological polar surface area (TPSA) is 78.7 Å². The minimum Gasteiger partial charge on any atom is -0.493 e. The molecule has 2 rings (SSSR count). The van der Waals surface area contributed by atoms with E-state index >= 15 is 0 Å². The molecule has 0 saturated heterocycles. The van der Waals surface area contributed by atoms with Crippen molar-refractivity contribution in [2.45, 2.75) is 0 Å². The fourth-order valence-corrected chi connectivity index (χ4v) is 1.96. The molecule has 6 nitrogen and oxygen atoms in total. The van der Waals surface area contributed by atoms with Gasteiger partial charge in [-0.2, -0.15) is 0 Å². The molecule has 0 bridgehead atoms. The Labute approximate surface area is 133 Å². The summed E-state index contributed by atoms with van der Waals surface area (Å²) >= 11 is 0. The maximum absolute atomic E-state index is 12.2. The second-order valence-electron chi connectivity index (χ2n) is 4.62. The number of hydrogen-bond acceptors (Lipinski definition) is 5. The van der Waals surface area contributed by atoms with Crippen LogP contribution < -0.4 is 9.47 Å². The van der Waals surface area contributed by atoms with Gasteiger partial charge in [0.05, 0.1) is 19.1 Å². The van der Waals surface area contributed by atoms with Crippen molar-refractivity contribution < 1.29 is 19.2 Å². The number of nitrogens with zero attached hydrogens (tertiary/aromatic N) is 1. The van der Waals surface area contributed by atoms with Crippen LogP contribution in [0.3, 0.4) is 0 Å². The minimum absolute atomic E-state index is 0.00775. The summed E-state index contributed by atoms with van der Waals surface area (Å²) in [4.78, 5) is 22.3. The second-order valence-corrected chi connectivity index (χ2v) is 4.62. The van der Waals surface area contributed by atoms with Crippen molar-refractivity contribution in [3.63, 3.8) is 0 Å². The molecular formula is C17H15NO5. The van der Waals surface area contributed by atoms with Gasteiger partial charge in [-0.3, -0.25) is 14.9 Å². The molecule has 0 aliphatic heterocycles. The number of carbonyl (C=O) groups is 1. The summed E-state index contributed by atoms with van der Waals surface area (Å²) in [7, 11) is 3.02. The lowest BCUT2D eigenvalue weighted by Crippen LogP contribution is -1.97. The van der Waals surface area contributed by atoms with Crippen LogP contribution in [0, 0.1) is 10.1 Å². The number of allylic oxidation sites excluding steroid dienone is 1. The van der Waals surface area contributed by atoms with Gasteiger partial charge in [-0.1, -0.05) is 6.08 Å².